The summed E-state index contributed by atoms with van der Waals surface area (Å²) in [6.07, 6.45) is 24.3. The Morgan fingerprint density at radius 3 is 1.75 bits per heavy atom. The summed E-state index contributed by atoms with van der Waals surface area (Å²) in [6.45, 7) is 7.09. The van der Waals surface area contributed by atoms with Crippen molar-refractivity contribution >= 4 is 11.7 Å². The van der Waals surface area contributed by atoms with Crippen molar-refractivity contribution in [3.05, 3.63) is 53.5 Å². The van der Waals surface area contributed by atoms with Crippen LogP contribution in [0, 0.1) is 18.2 Å². The average molecular weight is 613 g/mol. The second kappa shape index (κ2) is 22.1. The van der Waals surface area contributed by atoms with Crippen LogP contribution in [0.5, 0.6) is 5.75 Å². The molecule has 0 aliphatic rings. The van der Waals surface area contributed by atoms with Crippen molar-refractivity contribution in [1.29, 1.82) is 0 Å². The number of anilines is 1. The fourth-order valence-electron chi connectivity index (χ4n) is 5.93. The van der Waals surface area contributed by atoms with E-state index in [0.717, 1.165) is 25.0 Å². The monoisotopic (exact) mass is 612 g/mol. The molecule has 0 aliphatic heterocycles. The molecule has 1 amide bonds. The first-order valence-electron chi connectivity index (χ1n) is 17.5. The Labute approximate surface area is 268 Å². The van der Waals surface area contributed by atoms with Crippen LogP contribution in [0.1, 0.15) is 152 Å². The summed E-state index contributed by atoms with van der Waals surface area (Å²) in [5.74, 6) is -0.0198. The van der Waals surface area contributed by atoms with Crippen molar-refractivity contribution in [1.82, 2.24) is 4.98 Å². The minimum Gasteiger partial charge on any atom is -0.497 e. The highest BCUT2D eigenvalue weighted by Gasteiger charge is 2.29. The first-order chi connectivity index (χ1) is 21.3. The van der Waals surface area contributed by atoms with E-state index in [9.17, 15) is 9.18 Å². The number of pyridine rings is 1. The molecule has 0 saturated carbocycles. The third-order valence-corrected chi connectivity index (χ3v) is 8.65. The quantitative estimate of drug-likeness (QED) is 0.113. The average Bonchev–Trinajstić information content (AvgIpc) is 3.00. The van der Waals surface area contributed by atoms with E-state index >= 15 is 0 Å². The Morgan fingerprint density at radius 2 is 1.30 bits per heavy atom. The van der Waals surface area contributed by atoms with Gasteiger partial charge in [-0.3, -0.25) is 9.69 Å². The van der Waals surface area contributed by atoms with E-state index < -0.39 is 5.82 Å². The van der Waals surface area contributed by atoms with Gasteiger partial charge in [-0.25, -0.2) is 9.37 Å². The van der Waals surface area contributed by atoms with Gasteiger partial charge in [0.1, 0.15) is 17.4 Å². The Kier molecular flexibility index (Phi) is 18.9. The highest BCUT2D eigenvalue weighted by molar-refractivity contribution is 6.05. The molecule has 2 rings (SSSR count). The number of carbonyl (C=O) groups is 1. The first kappa shape index (κ1) is 37.7. The van der Waals surface area contributed by atoms with Gasteiger partial charge in [-0.2, -0.15) is 0 Å². The Hall–Kier alpha value is -2.47. The number of amides is 1. The van der Waals surface area contributed by atoms with Gasteiger partial charge in [-0.1, -0.05) is 129 Å². The molecule has 1 heterocycles. The maximum atomic E-state index is 14.9. The fraction of sp³-hybridized carbons (Fsp3) is 0.684. The Morgan fingerprint density at radius 1 is 0.795 bits per heavy atom. The minimum absolute atomic E-state index is 0.0296. The summed E-state index contributed by atoms with van der Waals surface area (Å²) in [5.41, 5.74) is 0.716. The molecule has 44 heavy (non-hydrogen) atoms. The lowest BCUT2D eigenvalue weighted by Gasteiger charge is -2.32. The Balaban J connectivity index is 1.63. The van der Waals surface area contributed by atoms with Crippen LogP contribution in [0.25, 0.3) is 0 Å². The van der Waals surface area contributed by atoms with Gasteiger partial charge in [0, 0.05) is 24.9 Å². The van der Waals surface area contributed by atoms with E-state index in [0.29, 0.717) is 24.7 Å². The summed E-state index contributed by atoms with van der Waals surface area (Å²) in [4.78, 5) is 19.9. The molecule has 0 aliphatic carbocycles. The number of aliphatic hydroxyl groups is 1. The van der Waals surface area contributed by atoms with Crippen molar-refractivity contribution < 1.29 is 19.0 Å². The number of hydrogen-bond acceptors (Lipinski definition) is 4. The molecule has 1 aromatic carbocycles. The van der Waals surface area contributed by atoms with Crippen LogP contribution in [-0.4, -0.2) is 36.3 Å². The van der Waals surface area contributed by atoms with Crippen LogP contribution >= 0.6 is 0 Å². The zero-order chi connectivity index (χ0) is 32.0. The molecule has 0 saturated heterocycles. The van der Waals surface area contributed by atoms with Gasteiger partial charge >= 0.3 is 0 Å². The highest BCUT2D eigenvalue weighted by atomic mass is 19.1. The van der Waals surface area contributed by atoms with Gasteiger partial charge in [0.25, 0.3) is 5.91 Å². The zero-order valence-electron chi connectivity index (χ0n) is 28.3. The third kappa shape index (κ3) is 15.5. The number of rotatable bonds is 25. The molecule has 1 N–H and O–H groups in total. The summed E-state index contributed by atoms with van der Waals surface area (Å²) < 4.78 is 20.0. The molecule has 0 spiro atoms. The third-order valence-electron chi connectivity index (χ3n) is 8.65. The summed E-state index contributed by atoms with van der Waals surface area (Å²) in [6, 6.07) is 10.00. The first-order valence-corrected chi connectivity index (χ1v) is 17.5. The number of aryl methyl sites for hydroxylation is 1. The zero-order valence-corrected chi connectivity index (χ0v) is 28.3. The van der Waals surface area contributed by atoms with Crippen molar-refractivity contribution in [2.75, 3.05) is 25.2 Å². The SMILES string of the molecule is COc1ccc(C(=O)N(CC(C)(C)CCCCCCCCCCCCCCCCCCCCO)c2cccc(C)n2)c(F)c1. The van der Waals surface area contributed by atoms with E-state index in [1.165, 1.54) is 122 Å². The maximum absolute atomic E-state index is 14.9. The number of aromatic nitrogens is 1. The van der Waals surface area contributed by atoms with E-state index in [4.69, 9.17) is 9.84 Å². The normalized spacial score (nSPS) is 11.6. The smallest absolute Gasteiger partial charge is 0.262 e. The van der Waals surface area contributed by atoms with Gasteiger partial charge in [0.15, 0.2) is 0 Å². The molecule has 0 unspecified atom stereocenters. The van der Waals surface area contributed by atoms with Crippen LogP contribution in [-0.2, 0) is 0 Å². The number of methoxy groups -OCH3 is 1. The van der Waals surface area contributed by atoms with E-state index in [-0.39, 0.29) is 16.9 Å². The van der Waals surface area contributed by atoms with Crippen LogP contribution in [0.2, 0.25) is 0 Å². The summed E-state index contributed by atoms with van der Waals surface area (Å²) >= 11 is 0. The molecule has 2 aromatic rings. The highest BCUT2D eigenvalue weighted by Crippen LogP contribution is 2.30. The van der Waals surface area contributed by atoms with Crippen molar-refractivity contribution in [3.63, 3.8) is 0 Å². The number of unbranched alkanes of at least 4 members (excludes halogenated alkanes) is 17. The van der Waals surface area contributed by atoms with Crippen LogP contribution < -0.4 is 9.64 Å². The van der Waals surface area contributed by atoms with Gasteiger partial charge in [0.2, 0.25) is 0 Å². The molecule has 5 nitrogen and oxygen atoms in total. The molecular weight excluding hydrogens is 551 g/mol. The molecule has 0 bridgehead atoms. The number of benzene rings is 1. The number of halogens is 1. The maximum Gasteiger partial charge on any atom is 0.262 e. The number of aliphatic hydroxyl groups excluding tert-OH is 1. The molecule has 1 aromatic heterocycles. The molecule has 6 heteroatoms. The van der Waals surface area contributed by atoms with E-state index in [1.54, 1.807) is 11.0 Å². The van der Waals surface area contributed by atoms with Crippen LogP contribution in [0.4, 0.5) is 10.2 Å². The fourth-order valence-corrected chi connectivity index (χ4v) is 5.93. The summed E-state index contributed by atoms with van der Waals surface area (Å²) in [5, 5.41) is 8.82. The van der Waals surface area contributed by atoms with Crippen molar-refractivity contribution in [3.8, 4) is 5.75 Å². The van der Waals surface area contributed by atoms with Crippen molar-refractivity contribution in [2.24, 2.45) is 5.41 Å². The predicted octanol–water partition coefficient (Wildman–Crippen LogP) is 10.6. The van der Waals surface area contributed by atoms with E-state index in [2.05, 4.69) is 18.8 Å². The number of ether oxygens (including phenoxy) is 1. The molecule has 248 valence electrons. The number of nitrogens with zero attached hydrogens (tertiary/aromatic N) is 2. The molecule has 0 radical (unpaired) electrons. The van der Waals surface area contributed by atoms with Gasteiger partial charge < -0.3 is 9.84 Å². The van der Waals surface area contributed by atoms with E-state index in [1.807, 2.05) is 25.1 Å². The minimum atomic E-state index is -0.585. The largest absolute Gasteiger partial charge is 0.497 e. The lowest BCUT2D eigenvalue weighted by Crippen LogP contribution is -2.40. The number of carbonyl (C=O) groups excluding carboxylic acids is 1. The van der Waals surface area contributed by atoms with Gasteiger partial charge in [0.05, 0.1) is 12.7 Å². The number of hydrogen-bond donors (Lipinski definition) is 1. The Bertz CT molecular complexity index is 1060. The second-order valence-electron chi connectivity index (χ2n) is 13.4. The molecular formula is C38H61FN2O3. The topological polar surface area (TPSA) is 62.7 Å². The van der Waals surface area contributed by atoms with Crippen LogP contribution in [0.3, 0.4) is 0 Å². The standard InChI is InChI=1S/C38H61FN2O3/c1-32-24-23-25-36(40-32)41(37(43)34-27-26-33(44-4)30-35(34)39)31-38(2,3)28-21-19-17-15-13-11-9-7-5-6-8-10-12-14-16-18-20-22-29-42/h23-27,30,42H,5-22,28-29,31H2,1-4H3. The van der Waals surface area contributed by atoms with Gasteiger partial charge in [-0.15, -0.1) is 0 Å². The second-order valence-corrected chi connectivity index (χ2v) is 13.4. The molecule has 0 fully saturated rings. The van der Waals surface area contributed by atoms with Crippen molar-refractivity contribution in [2.45, 2.75) is 143 Å². The lowest BCUT2D eigenvalue weighted by atomic mass is 9.85. The van der Waals surface area contributed by atoms with Gasteiger partial charge in [-0.05, 0) is 49.4 Å². The predicted molar refractivity (Wildman–Crippen MR) is 182 cm³/mol. The van der Waals surface area contributed by atoms with Crippen LogP contribution in [0.15, 0.2) is 36.4 Å². The summed E-state index contributed by atoms with van der Waals surface area (Å²) in [7, 11) is 1.48. The lowest BCUT2D eigenvalue weighted by molar-refractivity contribution is 0.0969. The molecule has 0 atom stereocenters.